The number of nitrogens with zero attached hydrogens (tertiary/aromatic N) is 1. The summed E-state index contributed by atoms with van der Waals surface area (Å²) < 4.78 is -0.610. The number of carbonyl (C=O) groups is 2. The van der Waals surface area contributed by atoms with Gasteiger partial charge in [0.1, 0.15) is 0 Å². The van der Waals surface area contributed by atoms with Crippen molar-refractivity contribution >= 4 is 27.7 Å². The molecule has 15 heavy (non-hydrogen) atoms. The summed E-state index contributed by atoms with van der Waals surface area (Å²) in [7, 11) is 1.64. The zero-order valence-corrected chi connectivity index (χ0v) is 10.9. The molecule has 5 heteroatoms. The fourth-order valence-corrected chi connectivity index (χ4v) is 1.54. The summed E-state index contributed by atoms with van der Waals surface area (Å²) in [6.45, 7) is 3.67. The number of rotatable bonds is 4. The van der Waals surface area contributed by atoms with E-state index in [0.717, 1.165) is 12.8 Å². The van der Waals surface area contributed by atoms with E-state index in [1.54, 1.807) is 20.9 Å². The molecule has 1 aliphatic carbocycles. The van der Waals surface area contributed by atoms with Crippen LogP contribution >= 0.6 is 15.9 Å². The van der Waals surface area contributed by atoms with Crippen LogP contribution in [0.4, 0.5) is 0 Å². The van der Waals surface area contributed by atoms with Gasteiger partial charge in [0.25, 0.3) is 0 Å². The van der Waals surface area contributed by atoms with Crippen LogP contribution in [0.1, 0.15) is 26.7 Å². The topological polar surface area (TPSA) is 49.4 Å². The van der Waals surface area contributed by atoms with Crippen molar-refractivity contribution in [3.05, 3.63) is 0 Å². The van der Waals surface area contributed by atoms with Crippen molar-refractivity contribution in [3.8, 4) is 0 Å². The zero-order chi connectivity index (χ0) is 11.6. The van der Waals surface area contributed by atoms with Gasteiger partial charge in [-0.1, -0.05) is 15.9 Å². The van der Waals surface area contributed by atoms with Crippen molar-refractivity contribution in [1.82, 2.24) is 10.2 Å². The van der Waals surface area contributed by atoms with Crippen molar-refractivity contribution in [2.24, 2.45) is 0 Å². The largest absolute Gasteiger partial charge is 0.352 e. The molecule has 4 nitrogen and oxygen atoms in total. The van der Waals surface area contributed by atoms with Gasteiger partial charge in [0, 0.05) is 13.1 Å². The predicted octanol–water partition coefficient (Wildman–Crippen LogP) is 0.897. The lowest BCUT2D eigenvalue weighted by atomic mass is 10.2. The molecule has 0 spiro atoms. The van der Waals surface area contributed by atoms with Crippen LogP contribution in [-0.4, -0.2) is 40.7 Å². The van der Waals surface area contributed by atoms with E-state index >= 15 is 0 Å². The Morgan fingerprint density at radius 1 is 1.47 bits per heavy atom. The molecule has 0 saturated heterocycles. The Morgan fingerprint density at radius 3 is 2.40 bits per heavy atom. The highest BCUT2D eigenvalue weighted by atomic mass is 79.9. The number of halogens is 1. The molecular formula is C10H17BrN2O2. The second-order valence-electron chi connectivity index (χ2n) is 4.48. The van der Waals surface area contributed by atoms with Crippen LogP contribution in [0.25, 0.3) is 0 Å². The quantitative estimate of drug-likeness (QED) is 0.776. The Hall–Kier alpha value is -0.580. The Labute approximate surface area is 98.5 Å². The number of alkyl halides is 1. The lowest BCUT2D eigenvalue weighted by molar-refractivity contribution is -0.135. The van der Waals surface area contributed by atoms with E-state index in [9.17, 15) is 9.59 Å². The SMILES string of the molecule is CN(CC(=O)NC1CC1)C(=O)C(C)(C)Br. The molecule has 0 aromatic rings. The first kappa shape index (κ1) is 12.5. The molecule has 0 aromatic heterocycles. The zero-order valence-electron chi connectivity index (χ0n) is 9.34. The van der Waals surface area contributed by atoms with Crippen molar-refractivity contribution in [3.63, 3.8) is 0 Å². The number of carbonyl (C=O) groups excluding carboxylic acids is 2. The molecule has 1 N–H and O–H groups in total. The van der Waals surface area contributed by atoms with Gasteiger partial charge < -0.3 is 10.2 Å². The number of amides is 2. The molecule has 0 aliphatic heterocycles. The standard InChI is InChI=1S/C10H17BrN2O2/c1-10(2,11)9(15)13(3)6-8(14)12-7-4-5-7/h7H,4-6H2,1-3H3,(H,12,14). The third kappa shape index (κ3) is 4.20. The van der Waals surface area contributed by atoms with Crippen molar-refractivity contribution in [1.29, 1.82) is 0 Å². The Balaban J connectivity index is 2.36. The van der Waals surface area contributed by atoms with Gasteiger partial charge >= 0.3 is 0 Å². The van der Waals surface area contributed by atoms with Crippen molar-refractivity contribution in [2.45, 2.75) is 37.1 Å². The average Bonchev–Trinajstić information content (AvgIpc) is 2.84. The smallest absolute Gasteiger partial charge is 0.239 e. The van der Waals surface area contributed by atoms with Crippen molar-refractivity contribution in [2.75, 3.05) is 13.6 Å². The lowest BCUT2D eigenvalue weighted by Crippen LogP contribution is -2.44. The summed E-state index contributed by atoms with van der Waals surface area (Å²) in [5.41, 5.74) is 0. The summed E-state index contributed by atoms with van der Waals surface area (Å²) in [6, 6.07) is 0.345. The molecular weight excluding hydrogens is 260 g/mol. The Bertz CT molecular complexity index is 269. The van der Waals surface area contributed by atoms with Gasteiger partial charge in [-0.25, -0.2) is 0 Å². The van der Waals surface area contributed by atoms with Crippen LogP contribution in [0.15, 0.2) is 0 Å². The van der Waals surface area contributed by atoms with Crippen molar-refractivity contribution < 1.29 is 9.59 Å². The summed E-state index contributed by atoms with van der Waals surface area (Å²) >= 11 is 3.27. The van der Waals surface area contributed by atoms with Gasteiger partial charge in [-0.3, -0.25) is 9.59 Å². The Kier molecular flexibility index (Phi) is 3.76. The molecule has 1 saturated carbocycles. The van der Waals surface area contributed by atoms with Gasteiger partial charge in [0.05, 0.1) is 10.9 Å². The van der Waals surface area contributed by atoms with Gasteiger partial charge in [0.2, 0.25) is 11.8 Å². The fourth-order valence-electron chi connectivity index (χ4n) is 1.24. The minimum absolute atomic E-state index is 0.0786. The maximum absolute atomic E-state index is 11.7. The summed E-state index contributed by atoms with van der Waals surface area (Å²) in [5.74, 6) is -0.168. The predicted molar refractivity (Wildman–Crippen MR) is 61.8 cm³/mol. The first-order valence-electron chi connectivity index (χ1n) is 5.04. The second-order valence-corrected chi connectivity index (χ2v) is 6.46. The van der Waals surface area contributed by atoms with Crippen LogP contribution in [-0.2, 0) is 9.59 Å². The van der Waals surface area contributed by atoms with E-state index in [0.29, 0.717) is 6.04 Å². The maximum atomic E-state index is 11.7. The van der Waals surface area contributed by atoms with E-state index in [-0.39, 0.29) is 18.4 Å². The minimum Gasteiger partial charge on any atom is -0.352 e. The summed E-state index contributed by atoms with van der Waals surface area (Å²) in [6.07, 6.45) is 2.13. The molecule has 2 amide bonds. The minimum atomic E-state index is -0.610. The third-order valence-corrected chi connectivity index (χ3v) is 2.52. The van der Waals surface area contributed by atoms with Crippen LogP contribution < -0.4 is 5.32 Å². The molecule has 0 heterocycles. The number of likely N-dealkylation sites (N-methyl/N-ethyl adjacent to an activating group) is 1. The first-order valence-corrected chi connectivity index (χ1v) is 5.84. The van der Waals surface area contributed by atoms with E-state index in [1.165, 1.54) is 4.90 Å². The maximum Gasteiger partial charge on any atom is 0.239 e. The lowest BCUT2D eigenvalue weighted by Gasteiger charge is -2.24. The highest BCUT2D eigenvalue weighted by molar-refractivity contribution is 9.10. The summed E-state index contributed by atoms with van der Waals surface area (Å²) in [5, 5.41) is 2.84. The number of hydrogen-bond acceptors (Lipinski definition) is 2. The first-order chi connectivity index (χ1) is 6.80. The molecule has 1 rings (SSSR count). The molecule has 0 radical (unpaired) electrons. The van der Waals surface area contributed by atoms with Crippen LogP contribution in [0.3, 0.4) is 0 Å². The van der Waals surface area contributed by atoms with Gasteiger partial charge in [-0.2, -0.15) is 0 Å². The van der Waals surface area contributed by atoms with Crippen LogP contribution in [0.2, 0.25) is 0 Å². The monoisotopic (exact) mass is 276 g/mol. The van der Waals surface area contributed by atoms with Crippen LogP contribution in [0.5, 0.6) is 0 Å². The van der Waals surface area contributed by atoms with Crippen LogP contribution in [0, 0.1) is 0 Å². The Morgan fingerprint density at radius 2 is 2.00 bits per heavy atom. The van der Waals surface area contributed by atoms with Gasteiger partial charge in [-0.05, 0) is 26.7 Å². The van der Waals surface area contributed by atoms with E-state index in [2.05, 4.69) is 21.2 Å². The van der Waals surface area contributed by atoms with Gasteiger partial charge in [0.15, 0.2) is 0 Å². The summed E-state index contributed by atoms with van der Waals surface area (Å²) in [4.78, 5) is 24.6. The molecule has 0 atom stereocenters. The normalized spacial score (nSPS) is 16.0. The van der Waals surface area contributed by atoms with E-state index in [1.807, 2.05) is 0 Å². The molecule has 1 aliphatic rings. The number of hydrogen-bond donors (Lipinski definition) is 1. The fraction of sp³-hybridized carbons (Fsp3) is 0.800. The van der Waals surface area contributed by atoms with E-state index < -0.39 is 4.32 Å². The average molecular weight is 277 g/mol. The molecule has 0 unspecified atom stereocenters. The third-order valence-electron chi connectivity index (χ3n) is 2.18. The van der Waals surface area contributed by atoms with E-state index in [4.69, 9.17) is 0 Å². The molecule has 0 aromatic carbocycles. The van der Waals surface area contributed by atoms with Gasteiger partial charge in [-0.15, -0.1) is 0 Å². The highest BCUT2D eigenvalue weighted by Gasteiger charge is 2.29. The highest BCUT2D eigenvalue weighted by Crippen LogP contribution is 2.19. The molecule has 1 fully saturated rings. The number of nitrogens with one attached hydrogen (secondary N) is 1. The molecule has 0 bridgehead atoms. The second kappa shape index (κ2) is 4.51. The molecule has 86 valence electrons.